The maximum Gasteiger partial charge on any atom is 0.0223 e. The first-order chi connectivity index (χ1) is 8.90. The van der Waals surface area contributed by atoms with Gasteiger partial charge in [-0.05, 0) is 41.5 Å². The highest BCUT2D eigenvalue weighted by Gasteiger charge is 1.97. The van der Waals surface area contributed by atoms with E-state index in [0.717, 1.165) is 12.3 Å². The van der Waals surface area contributed by atoms with Gasteiger partial charge >= 0.3 is 0 Å². The molecule has 0 radical (unpaired) electrons. The van der Waals surface area contributed by atoms with Crippen LogP contribution in [0, 0.1) is 0 Å². The molecule has 0 N–H and O–H groups in total. The van der Waals surface area contributed by atoms with Gasteiger partial charge < -0.3 is 0 Å². The SMILES string of the molecule is ClCCCCCCSc1ccc2ccccc2c1. The predicted octanol–water partition coefficient (Wildman–Crippen LogP) is 5.73. The lowest BCUT2D eigenvalue weighted by Crippen LogP contribution is -1.83. The van der Waals surface area contributed by atoms with E-state index in [-0.39, 0.29) is 0 Å². The predicted molar refractivity (Wildman–Crippen MR) is 83.9 cm³/mol. The number of halogens is 1. The molecule has 0 amide bonds. The molecule has 0 saturated heterocycles. The number of fused-ring (bicyclic) bond motifs is 1. The largest absolute Gasteiger partial charge is 0.127 e. The maximum atomic E-state index is 5.66. The van der Waals surface area contributed by atoms with Crippen molar-refractivity contribution in [3.05, 3.63) is 42.5 Å². The smallest absolute Gasteiger partial charge is 0.0223 e. The number of hydrogen-bond acceptors (Lipinski definition) is 1. The fourth-order valence-corrected chi connectivity index (χ4v) is 3.15. The molecular formula is C16H19ClS. The minimum atomic E-state index is 0.803. The summed E-state index contributed by atoms with van der Waals surface area (Å²) in [5.41, 5.74) is 0. The van der Waals surface area contributed by atoms with E-state index in [1.54, 1.807) is 0 Å². The first-order valence-electron chi connectivity index (χ1n) is 6.58. The lowest BCUT2D eigenvalue weighted by molar-refractivity contribution is 0.709. The Kier molecular flexibility index (Phi) is 5.89. The van der Waals surface area contributed by atoms with Gasteiger partial charge in [0.2, 0.25) is 0 Å². The Morgan fingerprint density at radius 3 is 2.44 bits per heavy atom. The van der Waals surface area contributed by atoms with Gasteiger partial charge in [-0.25, -0.2) is 0 Å². The molecule has 2 rings (SSSR count). The van der Waals surface area contributed by atoms with E-state index in [1.807, 2.05) is 11.8 Å². The minimum Gasteiger partial charge on any atom is -0.127 e. The van der Waals surface area contributed by atoms with Gasteiger partial charge in [0.15, 0.2) is 0 Å². The van der Waals surface area contributed by atoms with Gasteiger partial charge in [0.25, 0.3) is 0 Å². The first kappa shape index (κ1) is 13.8. The van der Waals surface area contributed by atoms with Crippen LogP contribution in [-0.4, -0.2) is 11.6 Å². The van der Waals surface area contributed by atoms with Gasteiger partial charge in [-0.1, -0.05) is 43.2 Å². The third kappa shape index (κ3) is 4.22. The van der Waals surface area contributed by atoms with Gasteiger partial charge in [-0.15, -0.1) is 23.4 Å². The van der Waals surface area contributed by atoms with E-state index < -0.39 is 0 Å². The summed E-state index contributed by atoms with van der Waals surface area (Å²) in [6.45, 7) is 0. The monoisotopic (exact) mass is 278 g/mol. The summed E-state index contributed by atoms with van der Waals surface area (Å²) >= 11 is 7.62. The van der Waals surface area contributed by atoms with Gasteiger partial charge in [-0.2, -0.15) is 0 Å². The highest BCUT2D eigenvalue weighted by atomic mass is 35.5. The van der Waals surface area contributed by atoms with E-state index in [1.165, 1.54) is 40.7 Å². The summed E-state index contributed by atoms with van der Waals surface area (Å²) in [4.78, 5) is 1.38. The molecule has 0 fully saturated rings. The first-order valence-corrected chi connectivity index (χ1v) is 8.10. The van der Waals surface area contributed by atoms with Crippen molar-refractivity contribution < 1.29 is 0 Å². The molecule has 0 saturated carbocycles. The van der Waals surface area contributed by atoms with E-state index in [0.29, 0.717) is 0 Å². The molecular weight excluding hydrogens is 260 g/mol. The summed E-state index contributed by atoms with van der Waals surface area (Å²) in [5.74, 6) is 2.01. The molecule has 0 aromatic heterocycles. The van der Waals surface area contributed by atoms with Crippen LogP contribution in [0.25, 0.3) is 10.8 Å². The van der Waals surface area contributed by atoms with Crippen molar-refractivity contribution >= 4 is 34.1 Å². The molecule has 2 aromatic carbocycles. The second kappa shape index (κ2) is 7.70. The fourth-order valence-electron chi connectivity index (χ4n) is 2.00. The molecule has 0 atom stereocenters. The summed E-state index contributed by atoms with van der Waals surface area (Å²) in [6.07, 6.45) is 5.01. The van der Waals surface area contributed by atoms with Gasteiger partial charge in [0.05, 0.1) is 0 Å². The summed E-state index contributed by atoms with van der Waals surface area (Å²) in [6, 6.07) is 15.3. The van der Waals surface area contributed by atoms with E-state index in [4.69, 9.17) is 11.6 Å². The second-order valence-corrected chi connectivity index (χ2v) is 6.01. The Labute approximate surface area is 119 Å². The number of rotatable bonds is 7. The molecule has 0 aliphatic carbocycles. The van der Waals surface area contributed by atoms with E-state index in [9.17, 15) is 0 Å². The zero-order valence-corrected chi connectivity index (χ0v) is 12.1. The molecule has 0 nitrogen and oxygen atoms in total. The normalized spacial score (nSPS) is 10.9. The van der Waals surface area contributed by atoms with Crippen LogP contribution in [0.5, 0.6) is 0 Å². The molecule has 0 aliphatic heterocycles. The van der Waals surface area contributed by atoms with Crippen molar-refractivity contribution in [2.75, 3.05) is 11.6 Å². The van der Waals surface area contributed by atoms with Crippen molar-refractivity contribution in [3.8, 4) is 0 Å². The van der Waals surface area contributed by atoms with Crippen LogP contribution >= 0.6 is 23.4 Å². The number of unbranched alkanes of at least 4 members (excludes halogenated alkanes) is 3. The maximum absolute atomic E-state index is 5.66. The number of benzene rings is 2. The van der Waals surface area contributed by atoms with Gasteiger partial charge in [0.1, 0.15) is 0 Å². The molecule has 96 valence electrons. The zero-order chi connectivity index (χ0) is 12.6. The molecule has 0 heterocycles. The summed E-state index contributed by atoms with van der Waals surface area (Å²) < 4.78 is 0. The fraction of sp³-hybridized carbons (Fsp3) is 0.375. The number of alkyl halides is 1. The molecule has 0 unspecified atom stereocenters. The topological polar surface area (TPSA) is 0 Å². The third-order valence-electron chi connectivity index (χ3n) is 3.02. The van der Waals surface area contributed by atoms with Crippen molar-refractivity contribution in [1.82, 2.24) is 0 Å². The Bertz CT molecular complexity index is 481. The van der Waals surface area contributed by atoms with Crippen LogP contribution in [0.4, 0.5) is 0 Å². The van der Waals surface area contributed by atoms with Crippen LogP contribution in [0.15, 0.2) is 47.4 Å². The van der Waals surface area contributed by atoms with Crippen molar-refractivity contribution in [2.45, 2.75) is 30.6 Å². The van der Waals surface area contributed by atoms with Gasteiger partial charge in [0, 0.05) is 10.8 Å². The van der Waals surface area contributed by atoms with Crippen molar-refractivity contribution in [3.63, 3.8) is 0 Å². The molecule has 2 heteroatoms. The highest BCUT2D eigenvalue weighted by Crippen LogP contribution is 2.24. The summed E-state index contributed by atoms with van der Waals surface area (Å²) in [5, 5.41) is 2.66. The van der Waals surface area contributed by atoms with E-state index in [2.05, 4.69) is 42.5 Å². The standard InChI is InChI=1S/C16H19ClS/c17-11-5-1-2-6-12-18-16-10-9-14-7-3-4-8-15(14)13-16/h3-4,7-10,13H,1-2,5-6,11-12H2. The zero-order valence-electron chi connectivity index (χ0n) is 10.6. The number of thioether (sulfide) groups is 1. The lowest BCUT2D eigenvalue weighted by atomic mass is 10.1. The molecule has 0 bridgehead atoms. The average Bonchev–Trinajstić information content (AvgIpc) is 2.42. The Morgan fingerprint density at radius 2 is 1.61 bits per heavy atom. The van der Waals surface area contributed by atoms with Crippen LogP contribution in [0.3, 0.4) is 0 Å². The van der Waals surface area contributed by atoms with Crippen molar-refractivity contribution in [1.29, 1.82) is 0 Å². The van der Waals surface area contributed by atoms with E-state index >= 15 is 0 Å². The lowest BCUT2D eigenvalue weighted by Gasteiger charge is -2.04. The Balaban J connectivity index is 1.81. The Hall–Kier alpha value is -0.660. The molecule has 18 heavy (non-hydrogen) atoms. The van der Waals surface area contributed by atoms with Crippen LogP contribution in [0.1, 0.15) is 25.7 Å². The van der Waals surface area contributed by atoms with Crippen LogP contribution < -0.4 is 0 Å². The highest BCUT2D eigenvalue weighted by molar-refractivity contribution is 7.99. The molecule has 0 aliphatic rings. The van der Waals surface area contributed by atoms with Gasteiger partial charge in [-0.3, -0.25) is 0 Å². The molecule has 0 spiro atoms. The van der Waals surface area contributed by atoms with Crippen LogP contribution in [-0.2, 0) is 0 Å². The second-order valence-electron chi connectivity index (χ2n) is 4.46. The number of hydrogen-bond donors (Lipinski definition) is 0. The summed E-state index contributed by atoms with van der Waals surface area (Å²) in [7, 11) is 0. The third-order valence-corrected chi connectivity index (χ3v) is 4.36. The molecule has 2 aromatic rings. The Morgan fingerprint density at radius 1 is 0.833 bits per heavy atom. The minimum absolute atomic E-state index is 0.803. The quantitative estimate of drug-likeness (QED) is 0.354. The van der Waals surface area contributed by atoms with Crippen LogP contribution in [0.2, 0.25) is 0 Å². The average molecular weight is 279 g/mol. The van der Waals surface area contributed by atoms with Crippen molar-refractivity contribution in [2.24, 2.45) is 0 Å².